The monoisotopic (exact) mass is 298 g/mol. The molecule has 2 N–H and O–H groups in total. The van der Waals surface area contributed by atoms with Gasteiger partial charge in [-0.1, -0.05) is 12.1 Å². The van der Waals surface area contributed by atoms with Crippen LogP contribution in [-0.4, -0.2) is 29.9 Å². The zero-order chi connectivity index (χ0) is 15.5. The summed E-state index contributed by atoms with van der Waals surface area (Å²) in [6.45, 7) is 1.13. The Morgan fingerprint density at radius 2 is 2.14 bits per heavy atom. The smallest absolute Gasteiger partial charge is 0.338 e. The molecule has 1 heterocycles. The van der Waals surface area contributed by atoms with Crippen molar-refractivity contribution in [3.63, 3.8) is 0 Å². The van der Waals surface area contributed by atoms with Crippen LogP contribution in [0.5, 0.6) is 0 Å². The minimum Gasteiger partial charge on any atom is -0.338 e. The molecule has 1 saturated heterocycles. The normalized spacial score (nSPS) is 20.0. The summed E-state index contributed by atoms with van der Waals surface area (Å²) in [7, 11) is 0. The molecule has 0 aliphatic carbocycles. The first-order chi connectivity index (χ1) is 9.86. The number of halogens is 3. The van der Waals surface area contributed by atoms with Gasteiger partial charge in [0, 0.05) is 25.2 Å². The van der Waals surface area contributed by atoms with Crippen molar-refractivity contribution >= 4 is 12.0 Å². The number of carbonyl (C=O) groups excluding carboxylic acids is 1. The third kappa shape index (κ3) is 4.32. The number of hydrogen-bond acceptors (Lipinski definition) is 2. The minimum atomic E-state index is -4.38. The number of piperidine rings is 1. The van der Waals surface area contributed by atoms with Crippen molar-refractivity contribution in [2.45, 2.75) is 25.1 Å². The van der Waals surface area contributed by atoms with Crippen LogP contribution in [0, 0.1) is 0 Å². The van der Waals surface area contributed by atoms with Crippen LogP contribution < -0.4 is 5.73 Å². The molecular weight excluding hydrogens is 281 g/mol. The first-order valence-electron chi connectivity index (χ1n) is 6.76. The molecule has 2 rings (SSSR count). The Hall–Kier alpha value is -1.82. The minimum absolute atomic E-state index is 0.0235. The number of rotatable bonds is 2. The van der Waals surface area contributed by atoms with E-state index in [1.54, 1.807) is 4.90 Å². The van der Waals surface area contributed by atoms with E-state index >= 15 is 0 Å². The highest BCUT2D eigenvalue weighted by atomic mass is 19.4. The Balaban J connectivity index is 2.05. The van der Waals surface area contributed by atoms with E-state index in [0.717, 1.165) is 25.0 Å². The zero-order valence-electron chi connectivity index (χ0n) is 11.4. The molecule has 114 valence electrons. The summed E-state index contributed by atoms with van der Waals surface area (Å²) in [6, 6.07) is 4.85. The maximum Gasteiger partial charge on any atom is 0.416 e. The highest BCUT2D eigenvalue weighted by molar-refractivity contribution is 5.91. The molecule has 1 aliphatic heterocycles. The second kappa shape index (κ2) is 6.30. The molecular formula is C15H17F3N2O. The van der Waals surface area contributed by atoms with Gasteiger partial charge in [0.05, 0.1) is 5.56 Å². The number of likely N-dealkylation sites (tertiary alicyclic amines) is 1. The lowest BCUT2D eigenvalue weighted by molar-refractivity contribution is -0.137. The Labute approximate surface area is 121 Å². The highest BCUT2D eigenvalue weighted by Crippen LogP contribution is 2.29. The van der Waals surface area contributed by atoms with E-state index in [4.69, 9.17) is 5.73 Å². The number of nitrogens with two attached hydrogens (primary N) is 1. The maximum absolute atomic E-state index is 12.6. The molecule has 1 aliphatic rings. The summed E-state index contributed by atoms with van der Waals surface area (Å²) in [6.07, 6.45) is 0.0597. The molecule has 1 amide bonds. The van der Waals surface area contributed by atoms with Crippen LogP contribution in [0.15, 0.2) is 30.3 Å². The molecule has 6 heteroatoms. The van der Waals surface area contributed by atoms with Gasteiger partial charge in [-0.3, -0.25) is 4.79 Å². The fourth-order valence-corrected chi connectivity index (χ4v) is 2.30. The second-order valence-electron chi connectivity index (χ2n) is 5.14. The molecule has 1 aromatic carbocycles. The van der Waals surface area contributed by atoms with E-state index in [1.165, 1.54) is 24.3 Å². The Kier molecular flexibility index (Phi) is 4.67. The van der Waals surface area contributed by atoms with Gasteiger partial charge in [0.25, 0.3) is 0 Å². The predicted molar refractivity (Wildman–Crippen MR) is 74.3 cm³/mol. The van der Waals surface area contributed by atoms with Crippen LogP contribution in [0.2, 0.25) is 0 Å². The van der Waals surface area contributed by atoms with Crippen molar-refractivity contribution in [2.24, 2.45) is 5.73 Å². The van der Waals surface area contributed by atoms with Crippen molar-refractivity contribution in [1.82, 2.24) is 4.90 Å². The van der Waals surface area contributed by atoms with E-state index in [9.17, 15) is 18.0 Å². The lowest BCUT2D eigenvalue weighted by Gasteiger charge is -2.29. The molecule has 0 saturated carbocycles. The van der Waals surface area contributed by atoms with Crippen LogP contribution in [0.3, 0.4) is 0 Å². The van der Waals surface area contributed by atoms with Gasteiger partial charge in [-0.2, -0.15) is 13.2 Å². The Bertz CT molecular complexity index is 540. The van der Waals surface area contributed by atoms with Crippen molar-refractivity contribution < 1.29 is 18.0 Å². The third-order valence-corrected chi connectivity index (χ3v) is 3.40. The number of alkyl halides is 3. The summed E-state index contributed by atoms with van der Waals surface area (Å²) < 4.78 is 37.8. The zero-order valence-corrected chi connectivity index (χ0v) is 11.4. The first-order valence-corrected chi connectivity index (χ1v) is 6.76. The fourth-order valence-electron chi connectivity index (χ4n) is 2.30. The summed E-state index contributed by atoms with van der Waals surface area (Å²) in [5, 5.41) is 0. The number of benzene rings is 1. The van der Waals surface area contributed by atoms with Crippen molar-refractivity contribution in [3.8, 4) is 0 Å². The quantitative estimate of drug-likeness (QED) is 0.853. The first kappa shape index (κ1) is 15.6. The van der Waals surface area contributed by atoms with Gasteiger partial charge in [-0.15, -0.1) is 0 Å². The van der Waals surface area contributed by atoms with Gasteiger partial charge in [0.1, 0.15) is 0 Å². The van der Waals surface area contributed by atoms with E-state index in [0.29, 0.717) is 18.7 Å². The average Bonchev–Trinajstić information content (AvgIpc) is 2.44. The van der Waals surface area contributed by atoms with Crippen LogP contribution in [0.1, 0.15) is 24.0 Å². The molecule has 0 spiro atoms. The fraction of sp³-hybridized carbons (Fsp3) is 0.400. The van der Waals surface area contributed by atoms with Crippen molar-refractivity contribution in [1.29, 1.82) is 0 Å². The SMILES string of the molecule is NC1CCCN(C(=O)/C=C/c2cccc(C(F)(F)F)c2)C1. The summed E-state index contributed by atoms with van der Waals surface area (Å²) >= 11 is 0. The summed E-state index contributed by atoms with van der Waals surface area (Å²) in [4.78, 5) is 13.6. The predicted octanol–water partition coefficient (Wildman–Crippen LogP) is 2.67. The number of amides is 1. The van der Waals surface area contributed by atoms with Gasteiger partial charge in [-0.25, -0.2) is 0 Å². The lowest BCUT2D eigenvalue weighted by atomic mass is 10.1. The largest absolute Gasteiger partial charge is 0.416 e. The topological polar surface area (TPSA) is 46.3 Å². The average molecular weight is 298 g/mol. The van der Waals surface area contributed by atoms with Gasteiger partial charge in [0.15, 0.2) is 0 Å². The number of nitrogens with zero attached hydrogens (tertiary/aromatic N) is 1. The Morgan fingerprint density at radius 3 is 2.81 bits per heavy atom. The third-order valence-electron chi connectivity index (χ3n) is 3.40. The van der Waals surface area contributed by atoms with Crippen LogP contribution in [-0.2, 0) is 11.0 Å². The van der Waals surface area contributed by atoms with Crippen LogP contribution in [0.4, 0.5) is 13.2 Å². The Morgan fingerprint density at radius 1 is 1.38 bits per heavy atom. The van der Waals surface area contributed by atoms with E-state index in [2.05, 4.69) is 0 Å². The summed E-state index contributed by atoms with van der Waals surface area (Å²) in [5.74, 6) is -0.220. The van der Waals surface area contributed by atoms with Gasteiger partial charge in [0.2, 0.25) is 5.91 Å². The lowest BCUT2D eigenvalue weighted by Crippen LogP contribution is -2.45. The highest BCUT2D eigenvalue weighted by Gasteiger charge is 2.30. The van der Waals surface area contributed by atoms with Gasteiger partial charge in [-0.05, 0) is 36.6 Å². The molecule has 1 atom stereocenters. The number of carbonyl (C=O) groups is 1. The molecule has 0 radical (unpaired) electrons. The number of hydrogen-bond donors (Lipinski definition) is 1. The molecule has 1 unspecified atom stereocenters. The van der Waals surface area contributed by atoms with E-state index in [-0.39, 0.29) is 11.9 Å². The van der Waals surface area contributed by atoms with Crippen LogP contribution in [0.25, 0.3) is 6.08 Å². The van der Waals surface area contributed by atoms with Crippen molar-refractivity contribution in [3.05, 3.63) is 41.5 Å². The summed E-state index contributed by atoms with van der Waals surface area (Å²) in [5.41, 5.74) is 5.42. The van der Waals surface area contributed by atoms with E-state index in [1.807, 2.05) is 0 Å². The molecule has 21 heavy (non-hydrogen) atoms. The van der Waals surface area contributed by atoms with Gasteiger partial charge < -0.3 is 10.6 Å². The van der Waals surface area contributed by atoms with Crippen molar-refractivity contribution in [2.75, 3.05) is 13.1 Å². The maximum atomic E-state index is 12.6. The standard InChI is InChI=1S/C15H17F3N2O/c16-15(17,18)12-4-1-3-11(9-12)6-7-14(21)20-8-2-5-13(19)10-20/h1,3-4,6-7,9,13H,2,5,8,10,19H2/b7-6+. The molecule has 0 bridgehead atoms. The second-order valence-corrected chi connectivity index (χ2v) is 5.14. The van der Waals surface area contributed by atoms with Gasteiger partial charge >= 0.3 is 6.18 Å². The molecule has 0 aromatic heterocycles. The van der Waals surface area contributed by atoms with E-state index < -0.39 is 11.7 Å². The molecule has 1 fully saturated rings. The molecule has 3 nitrogen and oxygen atoms in total. The van der Waals surface area contributed by atoms with Crippen LogP contribution >= 0.6 is 0 Å². The molecule has 1 aromatic rings.